The summed E-state index contributed by atoms with van der Waals surface area (Å²) in [7, 11) is 0. The molecule has 0 fully saturated rings. The molecule has 0 atom stereocenters. The first kappa shape index (κ1) is 16.3. The minimum Gasteiger partial charge on any atom is -0.422 e. The van der Waals surface area contributed by atoms with Crippen molar-refractivity contribution in [2.75, 3.05) is 5.43 Å². The molecule has 2 aromatic heterocycles. The fourth-order valence-corrected chi connectivity index (χ4v) is 3.05. The summed E-state index contributed by atoms with van der Waals surface area (Å²) in [6.07, 6.45) is 2.11. The Hall–Kier alpha value is -2.60. The van der Waals surface area contributed by atoms with Crippen molar-refractivity contribution < 1.29 is 4.42 Å². The molecule has 0 aliphatic rings. The highest BCUT2D eigenvalue weighted by Crippen LogP contribution is 2.24. The lowest BCUT2D eigenvalue weighted by Gasteiger charge is -2.08. The van der Waals surface area contributed by atoms with E-state index in [9.17, 15) is 4.79 Å². The Kier molecular flexibility index (Phi) is 4.66. The van der Waals surface area contributed by atoms with Gasteiger partial charge in [-0.2, -0.15) is 0 Å². The number of hydrogen-bond acceptors (Lipinski definition) is 6. The lowest BCUT2D eigenvalue weighted by atomic mass is 10.1. The minimum absolute atomic E-state index is 0.380. The van der Waals surface area contributed by atoms with E-state index in [0.29, 0.717) is 27.9 Å². The average molecular weight is 341 g/mol. The average Bonchev–Trinajstić information content (AvgIpc) is 3.00. The fraction of sp³-hybridized carbons (Fsp3) is 0.222. The topological polar surface area (TPSA) is 67.2 Å². The number of nitrogens with zero attached hydrogens (tertiary/aromatic N) is 1. The Morgan fingerprint density at radius 3 is 2.92 bits per heavy atom. The second-order valence-corrected chi connectivity index (χ2v) is 6.73. The molecule has 2 N–H and O–H groups in total. The van der Waals surface area contributed by atoms with Gasteiger partial charge in [-0.3, -0.25) is 5.43 Å². The molecule has 3 aromatic rings. The summed E-state index contributed by atoms with van der Waals surface area (Å²) in [6, 6.07) is 9.26. The second kappa shape index (κ2) is 6.88. The number of allylic oxidation sites excluding steroid dienone is 2. The van der Waals surface area contributed by atoms with Crippen molar-refractivity contribution in [1.82, 2.24) is 10.4 Å². The number of nitrogens with one attached hydrogen (secondary N) is 2. The van der Waals surface area contributed by atoms with Crippen LogP contribution in [0.4, 0.5) is 5.13 Å². The van der Waals surface area contributed by atoms with Gasteiger partial charge >= 0.3 is 5.63 Å². The summed E-state index contributed by atoms with van der Waals surface area (Å²) in [5.41, 5.74) is 8.44. The molecule has 0 radical (unpaired) electrons. The van der Waals surface area contributed by atoms with E-state index in [4.69, 9.17) is 4.42 Å². The molecule has 0 saturated heterocycles. The van der Waals surface area contributed by atoms with Gasteiger partial charge in [0.2, 0.25) is 5.13 Å². The van der Waals surface area contributed by atoms with Crippen molar-refractivity contribution in [3.05, 3.63) is 57.9 Å². The van der Waals surface area contributed by atoms with Gasteiger partial charge in [-0.05, 0) is 25.0 Å². The first-order valence-corrected chi connectivity index (χ1v) is 8.60. The lowest BCUT2D eigenvalue weighted by Crippen LogP contribution is -2.19. The third-order valence-corrected chi connectivity index (χ3v) is 4.13. The first-order chi connectivity index (χ1) is 11.5. The Labute approximate surface area is 144 Å². The summed E-state index contributed by atoms with van der Waals surface area (Å²) < 4.78 is 5.36. The van der Waals surface area contributed by atoms with Crippen molar-refractivity contribution in [2.45, 2.75) is 20.8 Å². The molecule has 0 saturated carbocycles. The third kappa shape index (κ3) is 3.65. The minimum atomic E-state index is -0.380. The molecule has 0 spiro atoms. The number of rotatable bonds is 5. The van der Waals surface area contributed by atoms with E-state index in [0.717, 1.165) is 11.1 Å². The highest BCUT2D eigenvalue weighted by atomic mass is 32.1. The quantitative estimate of drug-likeness (QED) is 0.532. The SMILES string of the molecule is CC(=CC(C)C)NNc1nc(-c2cc3ccccc3oc2=O)cs1. The molecule has 0 aliphatic carbocycles. The lowest BCUT2D eigenvalue weighted by molar-refractivity contribution is 0.563. The number of aromatic nitrogens is 1. The van der Waals surface area contributed by atoms with E-state index in [1.165, 1.54) is 11.3 Å². The van der Waals surface area contributed by atoms with Crippen LogP contribution in [0.15, 0.2) is 56.7 Å². The number of anilines is 1. The summed E-state index contributed by atoms with van der Waals surface area (Å²) in [5, 5.41) is 3.41. The maximum atomic E-state index is 12.2. The number of para-hydroxylation sites is 1. The molecule has 124 valence electrons. The van der Waals surface area contributed by atoms with Crippen LogP contribution in [0.25, 0.3) is 22.2 Å². The van der Waals surface area contributed by atoms with Crippen LogP contribution in [0.1, 0.15) is 20.8 Å². The molecule has 0 bridgehead atoms. The fourth-order valence-electron chi connectivity index (χ4n) is 2.39. The monoisotopic (exact) mass is 341 g/mol. The number of fused-ring (bicyclic) bond motifs is 1. The van der Waals surface area contributed by atoms with Gasteiger partial charge in [0.05, 0.1) is 11.3 Å². The van der Waals surface area contributed by atoms with Crippen LogP contribution in [0.3, 0.4) is 0 Å². The standard InChI is InChI=1S/C18H19N3O2S/c1-11(2)8-12(3)20-21-18-19-15(10-24-18)14-9-13-6-4-5-7-16(13)23-17(14)22/h4-11,20H,1-3H3,(H,19,21). The van der Waals surface area contributed by atoms with Crippen molar-refractivity contribution in [3.8, 4) is 11.3 Å². The molecule has 0 aliphatic heterocycles. The van der Waals surface area contributed by atoms with Crippen molar-refractivity contribution >= 4 is 27.4 Å². The highest BCUT2D eigenvalue weighted by Gasteiger charge is 2.11. The Balaban J connectivity index is 1.83. The zero-order valence-electron chi connectivity index (χ0n) is 13.8. The predicted octanol–water partition coefficient (Wildman–Crippen LogP) is 4.39. The molecule has 5 nitrogen and oxygen atoms in total. The van der Waals surface area contributed by atoms with Crippen LogP contribution in [0.5, 0.6) is 0 Å². The second-order valence-electron chi connectivity index (χ2n) is 5.87. The van der Waals surface area contributed by atoms with Crippen molar-refractivity contribution in [1.29, 1.82) is 0 Å². The van der Waals surface area contributed by atoms with Crippen LogP contribution in [0, 0.1) is 5.92 Å². The Morgan fingerprint density at radius 2 is 2.12 bits per heavy atom. The molecule has 3 rings (SSSR count). The molecule has 2 heterocycles. The van der Waals surface area contributed by atoms with Crippen LogP contribution in [-0.4, -0.2) is 4.98 Å². The Bertz CT molecular complexity index is 941. The zero-order valence-corrected chi connectivity index (χ0v) is 14.6. The van der Waals surface area contributed by atoms with Gasteiger partial charge in [0, 0.05) is 16.5 Å². The van der Waals surface area contributed by atoms with Crippen molar-refractivity contribution in [2.24, 2.45) is 5.92 Å². The molecule has 1 aromatic carbocycles. The van der Waals surface area contributed by atoms with Gasteiger partial charge in [0.1, 0.15) is 5.58 Å². The van der Waals surface area contributed by atoms with Gasteiger partial charge in [0.15, 0.2) is 0 Å². The summed E-state index contributed by atoms with van der Waals surface area (Å²) in [6.45, 7) is 6.22. The maximum absolute atomic E-state index is 12.2. The van der Waals surface area contributed by atoms with E-state index in [-0.39, 0.29) is 5.63 Å². The molecule has 0 amide bonds. The van der Waals surface area contributed by atoms with E-state index >= 15 is 0 Å². The highest BCUT2D eigenvalue weighted by molar-refractivity contribution is 7.14. The molecule has 0 unspecified atom stereocenters. The number of hydrazine groups is 1. The largest absolute Gasteiger partial charge is 0.422 e. The summed E-state index contributed by atoms with van der Waals surface area (Å²) in [4.78, 5) is 16.6. The van der Waals surface area contributed by atoms with E-state index < -0.39 is 0 Å². The van der Waals surface area contributed by atoms with E-state index in [1.54, 1.807) is 6.07 Å². The smallest absolute Gasteiger partial charge is 0.345 e. The number of thiazole rings is 1. The van der Waals surface area contributed by atoms with Crippen LogP contribution in [0.2, 0.25) is 0 Å². The normalized spacial score (nSPS) is 11.9. The van der Waals surface area contributed by atoms with Crippen LogP contribution < -0.4 is 16.5 Å². The third-order valence-electron chi connectivity index (χ3n) is 3.37. The first-order valence-electron chi connectivity index (χ1n) is 7.72. The van der Waals surface area contributed by atoms with Gasteiger partial charge in [0.25, 0.3) is 0 Å². The van der Waals surface area contributed by atoms with Gasteiger partial charge in [-0.15, -0.1) is 11.3 Å². The van der Waals surface area contributed by atoms with Gasteiger partial charge in [-0.1, -0.05) is 38.1 Å². The van der Waals surface area contributed by atoms with E-state index in [2.05, 4.69) is 35.8 Å². The number of benzene rings is 1. The molecular weight excluding hydrogens is 322 g/mol. The van der Waals surface area contributed by atoms with E-state index in [1.807, 2.05) is 36.6 Å². The van der Waals surface area contributed by atoms with Crippen molar-refractivity contribution in [3.63, 3.8) is 0 Å². The zero-order chi connectivity index (χ0) is 17.1. The molecule has 24 heavy (non-hydrogen) atoms. The van der Waals surface area contributed by atoms with Crippen LogP contribution >= 0.6 is 11.3 Å². The summed E-state index contributed by atoms with van der Waals surface area (Å²) >= 11 is 1.43. The van der Waals surface area contributed by atoms with Crippen LogP contribution in [-0.2, 0) is 0 Å². The molecular formula is C18H19N3O2S. The van der Waals surface area contributed by atoms with Gasteiger partial charge in [-0.25, -0.2) is 9.78 Å². The summed E-state index contributed by atoms with van der Waals surface area (Å²) in [5.74, 6) is 0.466. The Morgan fingerprint density at radius 1 is 1.33 bits per heavy atom. The number of hydrogen-bond donors (Lipinski definition) is 2. The molecule has 6 heteroatoms. The van der Waals surface area contributed by atoms with Gasteiger partial charge < -0.3 is 9.84 Å². The maximum Gasteiger partial charge on any atom is 0.345 e. The predicted molar refractivity (Wildman–Crippen MR) is 98.9 cm³/mol.